The van der Waals surface area contributed by atoms with E-state index in [-0.39, 0.29) is 34.8 Å². The van der Waals surface area contributed by atoms with Crippen molar-refractivity contribution in [2.24, 2.45) is 14.1 Å². The van der Waals surface area contributed by atoms with E-state index in [9.17, 15) is 9.59 Å². The molecular weight excluding hydrogens is 347 g/mol. The van der Waals surface area contributed by atoms with Gasteiger partial charge in [-0.2, -0.15) is 10.2 Å². The molecule has 0 atom stereocenters. The molecule has 0 radical (unpaired) electrons. The first-order chi connectivity index (χ1) is 10.9. The summed E-state index contributed by atoms with van der Waals surface area (Å²) < 4.78 is 13.0. The molecule has 0 aliphatic carbocycles. The van der Waals surface area contributed by atoms with Crippen LogP contribution in [0.1, 0.15) is 6.42 Å². The Bertz CT molecular complexity index is 751. The fourth-order valence-electron chi connectivity index (χ4n) is 1.62. The molecule has 2 heterocycles. The number of nitrogens with zero attached hydrogens (tertiary/aromatic N) is 4. The fourth-order valence-corrected chi connectivity index (χ4v) is 2.07. The summed E-state index contributed by atoms with van der Waals surface area (Å²) in [5, 5.41) is 7.58. The number of aromatic nitrogens is 4. The van der Waals surface area contributed by atoms with Crippen molar-refractivity contribution >= 4 is 23.2 Å². The van der Waals surface area contributed by atoms with Gasteiger partial charge in [-0.05, 0) is 0 Å². The van der Waals surface area contributed by atoms with Crippen LogP contribution in [0.3, 0.4) is 0 Å². The molecule has 0 unspecified atom stereocenters. The second kappa shape index (κ2) is 7.47. The second-order valence-electron chi connectivity index (χ2n) is 4.55. The summed E-state index contributed by atoms with van der Waals surface area (Å²) in [7, 11) is 2.99. The van der Waals surface area contributed by atoms with Crippen molar-refractivity contribution in [3.8, 4) is 11.5 Å². The molecule has 0 amide bonds. The molecule has 0 aromatic carbocycles. The van der Waals surface area contributed by atoms with Gasteiger partial charge < -0.3 is 9.47 Å². The summed E-state index contributed by atoms with van der Waals surface area (Å²) in [6, 6.07) is 0. The van der Waals surface area contributed by atoms with E-state index in [0.29, 0.717) is 6.42 Å². The van der Waals surface area contributed by atoms with Crippen LogP contribution in [0, 0.1) is 0 Å². The van der Waals surface area contributed by atoms with Crippen LogP contribution in [-0.4, -0.2) is 32.8 Å². The SMILES string of the molecule is Cn1ncc(OCCCOc2cnn(C)c(=O)c2Cl)c(Cl)c1=O. The molecule has 10 heteroatoms. The van der Waals surface area contributed by atoms with Crippen LogP contribution in [0.5, 0.6) is 11.5 Å². The monoisotopic (exact) mass is 360 g/mol. The Hall–Kier alpha value is -2.06. The lowest BCUT2D eigenvalue weighted by Gasteiger charge is -2.10. The van der Waals surface area contributed by atoms with Crippen molar-refractivity contribution < 1.29 is 9.47 Å². The number of rotatable bonds is 6. The van der Waals surface area contributed by atoms with Gasteiger partial charge >= 0.3 is 0 Å². The van der Waals surface area contributed by atoms with Crippen molar-refractivity contribution in [2.75, 3.05) is 13.2 Å². The average Bonchev–Trinajstić information content (AvgIpc) is 2.54. The molecule has 2 aromatic heterocycles. The number of hydrogen-bond acceptors (Lipinski definition) is 6. The van der Waals surface area contributed by atoms with Crippen LogP contribution in [0.4, 0.5) is 0 Å². The zero-order chi connectivity index (χ0) is 17.0. The highest BCUT2D eigenvalue weighted by molar-refractivity contribution is 6.32. The van der Waals surface area contributed by atoms with Crippen molar-refractivity contribution in [1.29, 1.82) is 0 Å². The molecule has 0 aliphatic heterocycles. The predicted molar refractivity (Wildman–Crippen MR) is 84.6 cm³/mol. The summed E-state index contributed by atoms with van der Waals surface area (Å²) in [5.41, 5.74) is -0.864. The number of ether oxygens (including phenoxy) is 2. The minimum Gasteiger partial charge on any atom is -0.490 e. The van der Waals surface area contributed by atoms with Crippen LogP contribution in [-0.2, 0) is 14.1 Å². The van der Waals surface area contributed by atoms with Crippen LogP contribution in [0.15, 0.2) is 22.0 Å². The Kier molecular flexibility index (Phi) is 5.62. The Morgan fingerprint density at radius 2 is 1.30 bits per heavy atom. The highest BCUT2D eigenvalue weighted by atomic mass is 35.5. The van der Waals surface area contributed by atoms with E-state index < -0.39 is 11.1 Å². The van der Waals surface area contributed by atoms with Gasteiger partial charge in [0.2, 0.25) is 0 Å². The largest absolute Gasteiger partial charge is 0.490 e. The highest BCUT2D eigenvalue weighted by Gasteiger charge is 2.10. The van der Waals surface area contributed by atoms with Gasteiger partial charge in [-0.15, -0.1) is 0 Å². The molecule has 8 nitrogen and oxygen atoms in total. The Balaban J connectivity index is 1.85. The third-order valence-electron chi connectivity index (χ3n) is 2.90. The fraction of sp³-hybridized carbons (Fsp3) is 0.385. The van der Waals surface area contributed by atoms with Gasteiger partial charge in [-0.3, -0.25) is 9.59 Å². The topological polar surface area (TPSA) is 88.2 Å². The number of hydrogen-bond donors (Lipinski definition) is 0. The summed E-state index contributed by atoms with van der Waals surface area (Å²) in [6.07, 6.45) is 3.22. The molecular formula is C13H14Cl2N4O4. The molecule has 0 saturated carbocycles. The van der Waals surface area contributed by atoms with E-state index in [4.69, 9.17) is 32.7 Å². The lowest BCUT2D eigenvalue weighted by Crippen LogP contribution is -2.21. The van der Waals surface area contributed by atoms with Crippen molar-refractivity contribution in [3.05, 3.63) is 43.1 Å². The van der Waals surface area contributed by atoms with Gasteiger partial charge in [0.15, 0.2) is 21.5 Å². The zero-order valence-electron chi connectivity index (χ0n) is 12.5. The van der Waals surface area contributed by atoms with Gasteiger partial charge in [0, 0.05) is 20.5 Å². The zero-order valence-corrected chi connectivity index (χ0v) is 14.0. The Labute approximate surface area is 141 Å². The lowest BCUT2D eigenvalue weighted by molar-refractivity contribution is 0.245. The van der Waals surface area contributed by atoms with E-state index in [1.54, 1.807) is 0 Å². The van der Waals surface area contributed by atoms with E-state index >= 15 is 0 Å². The summed E-state index contributed by atoms with van der Waals surface area (Å²) in [4.78, 5) is 23.1. The van der Waals surface area contributed by atoms with Gasteiger partial charge in [0.25, 0.3) is 11.1 Å². The van der Waals surface area contributed by atoms with E-state index in [1.165, 1.54) is 26.5 Å². The molecule has 2 rings (SSSR count). The normalized spacial score (nSPS) is 10.6. The van der Waals surface area contributed by atoms with E-state index in [0.717, 1.165) is 9.36 Å². The average molecular weight is 361 g/mol. The number of aryl methyl sites for hydroxylation is 2. The minimum absolute atomic E-state index is 0.0257. The highest BCUT2D eigenvalue weighted by Crippen LogP contribution is 2.19. The van der Waals surface area contributed by atoms with Crippen LogP contribution in [0.25, 0.3) is 0 Å². The van der Waals surface area contributed by atoms with Gasteiger partial charge in [-0.1, -0.05) is 23.2 Å². The van der Waals surface area contributed by atoms with Crippen molar-refractivity contribution in [2.45, 2.75) is 6.42 Å². The summed E-state index contributed by atoms with van der Waals surface area (Å²) in [5.74, 6) is 0.422. The molecule has 0 saturated heterocycles. The molecule has 124 valence electrons. The summed E-state index contributed by atoms with van der Waals surface area (Å²) in [6.45, 7) is 0.509. The predicted octanol–water partition coefficient (Wildman–Crippen LogP) is 1.03. The molecule has 23 heavy (non-hydrogen) atoms. The minimum atomic E-state index is -0.432. The lowest BCUT2D eigenvalue weighted by atomic mass is 10.4. The third-order valence-corrected chi connectivity index (χ3v) is 3.59. The molecule has 0 aliphatic rings. The molecule has 0 bridgehead atoms. The maximum atomic E-state index is 11.6. The third kappa shape index (κ3) is 4.02. The quantitative estimate of drug-likeness (QED) is 0.714. The van der Waals surface area contributed by atoms with Crippen molar-refractivity contribution in [3.63, 3.8) is 0 Å². The van der Waals surface area contributed by atoms with Crippen LogP contribution >= 0.6 is 23.2 Å². The van der Waals surface area contributed by atoms with Crippen LogP contribution < -0.4 is 20.6 Å². The second-order valence-corrected chi connectivity index (χ2v) is 5.31. The van der Waals surface area contributed by atoms with Gasteiger partial charge in [-0.25, -0.2) is 9.36 Å². The molecule has 2 aromatic rings. The van der Waals surface area contributed by atoms with E-state index in [2.05, 4.69) is 10.2 Å². The molecule has 0 N–H and O–H groups in total. The summed E-state index contributed by atoms with van der Waals surface area (Å²) >= 11 is 11.7. The maximum absolute atomic E-state index is 11.6. The Morgan fingerprint density at radius 1 is 0.913 bits per heavy atom. The Morgan fingerprint density at radius 3 is 1.70 bits per heavy atom. The van der Waals surface area contributed by atoms with Crippen molar-refractivity contribution in [1.82, 2.24) is 19.6 Å². The van der Waals surface area contributed by atoms with E-state index in [1.807, 2.05) is 0 Å². The van der Waals surface area contributed by atoms with Gasteiger partial charge in [0.05, 0.1) is 25.6 Å². The van der Waals surface area contributed by atoms with Gasteiger partial charge in [0.1, 0.15) is 0 Å². The first-order valence-electron chi connectivity index (χ1n) is 6.61. The first-order valence-corrected chi connectivity index (χ1v) is 7.36. The number of halogens is 2. The maximum Gasteiger partial charge on any atom is 0.289 e. The van der Waals surface area contributed by atoms with Crippen LogP contribution in [0.2, 0.25) is 10.0 Å². The smallest absolute Gasteiger partial charge is 0.289 e. The standard InChI is InChI=1S/C13H14Cl2N4O4/c1-18-12(20)10(14)8(6-16-18)22-4-3-5-23-9-7-17-19(2)13(21)11(9)15/h6-7H,3-5H2,1-2H3. The first kappa shape index (κ1) is 17.3. The molecule has 0 fully saturated rings. The molecule has 0 spiro atoms.